The third-order valence-corrected chi connectivity index (χ3v) is 6.02. The molecule has 0 amide bonds. The van der Waals surface area contributed by atoms with E-state index >= 15 is 0 Å². The number of esters is 1. The van der Waals surface area contributed by atoms with Crippen LogP contribution in [0.4, 0.5) is 0 Å². The maximum atomic E-state index is 13.5. The van der Waals surface area contributed by atoms with Crippen LogP contribution in [-0.4, -0.2) is 38.1 Å². The molecule has 2 heterocycles. The molecule has 4 atom stereocenters. The Morgan fingerprint density at radius 1 is 1.28 bits per heavy atom. The van der Waals surface area contributed by atoms with Crippen molar-refractivity contribution in [3.63, 3.8) is 0 Å². The maximum Gasteiger partial charge on any atom is 0.304 e. The molecule has 0 radical (unpaired) electrons. The van der Waals surface area contributed by atoms with Crippen LogP contribution in [0.3, 0.4) is 0 Å². The Morgan fingerprint density at radius 3 is 2.66 bits per heavy atom. The molecule has 0 saturated carbocycles. The van der Waals surface area contributed by atoms with Gasteiger partial charge in [0.25, 0.3) is 5.56 Å². The first-order valence-corrected chi connectivity index (χ1v) is 9.62. The lowest BCUT2D eigenvalue weighted by molar-refractivity contribution is -0.144. The Morgan fingerprint density at radius 2 is 1.97 bits per heavy atom. The summed E-state index contributed by atoms with van der Waals surface area (Å²) < 4.78 is 12.8. The molecule has 0 unspecified atom stereocenters. The van der Waals surface area contributed by atoms with Gasteiger partial charge in [0.05, 0.1) is 17.2 Å². The highest BCUT2D eigenvalue weighted by molar-refractivity contribution is 5.87. The molecule has 7 nitrogen and oxygen atoms in total. The number of carbonyl (C=O) groups is 1. The molecule has 0 bridgehead atoms. The smallest absolute Gasteiger partial charge is 0.304 e. The van der Waals surface area contributed by atoms with Crippen molar-refractivity contribution in [2.24, 2.45) is 5.92 Å². The quantitative estimate of drug-likeness (QED) is 0.593. The lowest BCUT2D eigenvalue weighted by Crippen LogP contribution is -2.56. The fraction of sp³-hybridized carbons (Fsp3) is 0.455. The van der Waals surface area contributed by atoms with Gasteiger partial charge in [0.15, 0.2) is 6.73 Å². The van der Waals surface area contributed by atoms with Crippen molar-refractivity contribution in [2.75, 3.05) is 0 Å². The second-order valence-corrected chi connectivity index (χ2v) is 8.55. The lowest BCUT2D eigenvalue weighted by Gasteiger charge is -2.49. The predicted octanol–water partition coefficient (Wildman–Crippen LogP) is 2.07. The highest BCUT2D eigenvalue weighted by Crippen LogP contribution is 2.51. The van der Waals surface area contributed by atoms with Crippen LogP contribution < -0.4 is 10.3 Å². The normalized spacial score (nSPS) is 29.7. The number of pyridine rings is 1. The number of carbonyl (C=O) groups excluding carboxylic acids is 1. The van der Waals surface area contributed by atoms with E-state index in [0.717, 1.165) is 0 Å². The van der Waals surface area contributed by atoms with Crippen molar-refractivity contribution in [1.29, 1.82) is 0 Å². The maximum absolute atomic E-state index is 13.5. The van der Waals surface area contributed by atoms with Gasteiger partial charge in [-0.3, -0.25) is 14.2 Å². The third kappa shape index (κ3) is 2.96. The highest BCUT2D eigenvalue weighted by atomic mass is 16.5. The summed E-state index contributed by atoms with van der Waals surface area (Å²) in [5.41, 5.74) is -1.74. The van der Waals surface area contributed by atoms with Crippen LogP contribution in [0.2, 0.25) is 0 Å². The Hall–Kier alpha value is -2.64. The van der Waals surface area contributed by atoms with Gasteiger partial charge in [-0.15, -0.1) is 0 Å². The Labute approximate surface area is 168 Å². The van der Waals surface area contributed by atoms with Crippen molar-refractivity contribution in [3.05, 3.63) is 52.3 Å². The summed E-state index contributed by atoms with van der Waals surface area (Å²) >= 11 is 0. The molecule has 1 aliphatic heterocycles. The first-order valence-electron chi connectivity index (χ1n) is 9.62. The van der Waals surface area contributed by atoms with E-state index in [9.17, 15) is 19.8 Å². The fourth-order valence-electron chi connectivity index (χ4n) is 4.49. The van der Waals surface area contributed by atoms with Crippen molar-refractivity contribution in [3.8, 4) is 5.75 Å². The van der Waals surface area contributed by atoms with Crippen molar-refractivity contribution >= 4 is 16.9 Å². The van der Waals surface area contributed by atoms with Crippen LogP contribution >= 0.6 is 0 Å². The van der Waals surface area contributed by atoms with Gasteiger partial charge in [-0.25, -0.2) is 0 Å². The van der Waals surface area contributed by atoms with Crippen LogP contribution in [0.25, 0.3) is 10.9 Å². The topological polar surface area (TPSA) is 98.0 Å². The molecule has 0 fully saturated rings. The SMILES string of the molecule is CC(=O)OCn1c(=O)c2c(c3ccccc31)OC(C)(C)[C@@H]1C=C[C@@](C)(O)[C@@H](O)[C@@H]21. The van der Waals surface area contributed by atoms with Crippen LogP contribution in [0, 0.1) is 5.92 Å². The zero-order valence-corrected chi connectivity index (χ0v) is 16.9. The number of benzene rings is 1. The Bertz CT molecular complexity index is 1080. The van der Waals surface area contributed by atoms with Gasteiger partial charge < -0.3 is 19.7 Å². The minimum absolute atomic E-state index is 0.245. The Balaban J connectivity index is 2.05. The highest BCUT2D eigenvalue weighted by Gasteiger charge is 2.53. The number of aromatic nitrogens is 1. The summed E-state index contributed by atoms with van der Waals surface area (Å²) in [5, 5.41) is 22.4. The number of aliphatic hydroxyl groups excluding tert-OH is 1. The molecule has 1 aliphatic carbocycles. The molecular weight excluding hydrogens is 374 g/mol. The van der Waals surface area contributed by atoms with Crippen LogP contribution in [0.5, 0.6) is 5.75 Å². The van der Waals surface area contributed by atoms with Gasteiger partial charge in [-0.05, 0) is 32.9 Å². The molecular formula is C22H25NO6. The number of nitrogens with zero attached hydrogens (tertiary/aromatic N) is 1. The predicted molar refractivity (Wildman–Crippen MR) is 107 cm³/mol. The Kier molecular flexibility index (Phi) is 4.36. The number of fused-ring (bicyclic) bond motifs is 5. The van der Waals surface area contributed by atoms with Crippen LogP contribution in [0.15, 0.2) is 41.2 Å². The molecule has 154 valence electrons. The van der Waals surface area contributed by atoms with E-state index in [1.807, 2.05) is 32.1 Å². The fourth-order valence-corrected chi connectivity index (χ4v) is 4.49. The summed E-state index contributed by atoms with van der Waals surface area (Å²) in [7, 11) is 0. The standard InChI is InChI=1S/C22H25NO6/c1-12(24)28-11-23-15-8-6-5-7-13(15)18-17(20(23)26)16-14(21(2,3)29-18)9-10-22(4,27)19(16)25/h5-10,14,16,19,25,27H,11H2,1-4H3/t14-,16-,19+,22-/m1/s1. The molecule has 2 N–H and O–H groups in total. The summed E-state index contributed by atoms with van der Waals surface area (Å²) in [6.45, 7) is 6.37. The van der Waals surface area contributed by atoms with Crippen molar-refractivity contribution in [2.45, 2.75) is 57.6 Å². The average Bonchev–Trinajstić information content (AvgIpc) is 2.63. The largest absolute Gasteiger partial charge is 0.486 e. The van der Waals surface area contributed by atoms with E-state index in [4.69, 9.17) is 9.47 Å². The van der Waals surface area contributed by atoms with E-state index in [1.54, 1.807) is 18.2 Å². The molecule has 2 aromatic rings. The van der Waals surface area contributed by atoms with Crippen LogP contribution in [0.1, 0.15) is 39.2 Å². The number of rotatable bonds is 2. The first kappa shape index (κ1) is 19.7. The summed E-state index contributed by atoms with van der Waals surface area (Å²) in [4.78, 5) is 24.9. The summed E-state index contributed by atoms with van der Waals surface area (Å²) in [5.74, 6) is -1.09. The summed E-state index contributed by atoms with van der Waals surface area (Å²) in [6.07, 6.45) is 2.18. The second kappa shape index (κ2) is 6.43. The number of aliphatic hydroxyl groups is 2. The second-order valence-electron chi connectivity index (χ2n) is 8.55. The molecule has 29 heavy (non-hydrogen) atoms. The van der Waals surface area contributed by atoms with Gasteiger partial charge in [0.1, 0.15) is 17.0 Å². The minimum Gasteiger partial charge on any atom is -0.486 e. The average molecular weight is 399 g/mol. The number of ether oxygens (including phenoxy) is 2. The van der Waals surface area contributed by atoms with Gasteiger partial charge in [0.2, 0.25) is 0 Å². The van der Waals surface area contributed by atoms with E-state index in [-0.39, 0.29) is 18.2 Å². The van der Waals surface area contributed by atoms with Crippen LogP contribution in [-0.2, 0) is 16.3 Å². The van der Waals surface area contributed by atoms with E-state index in [2.05, 4.69) is 0 Å². The molecule has 1 aromatic carbocycles. The lowest BCUT2D eigenvalue weighted by atomic mass is 9.65. The molecule has 1 aromatic heterocycles. The van der Waals surface area contributed by atoms with Crippen molar-refractivity contribution in [1.82, 2.24) is 4.57 Å². The number of hydrogen-bond donors (Lipinski definition) is 2. The monoisotopic (exact) mass is 399 g/mol. The van der Waals surface area contributed by atoms with Gasteiger partial charge in [-0.1, -0.05) is 24.3 Å². The molecule has 4 rings (SSSR count). The third-order valence-electron chi connectivity index (χ3n) is 6.02. The van der Waals surface area contributed by atoms with Gasteiger partial charge >= 0.3 is 5.97 Å². The van der Waals surface area contributed by atoms with E-state index in [1.165, 1.54) is 18.4 Å². The molecule has 7 heteroatoms. The number of hydrogen-bond acceptors (Lipinski definition) is 6. The zero-order chi connectivity index (χ0) is 21.1. The van der Waals surface area contributed by atoms with Gasteiger partial charge in [-0.2, -0.15) is 0 Å². The molecule has 0 spiro atoms. The van der Waals surface area contributed by atoms with E-state index < -0.39 is 34.8 Å². The molecule has 2 aliphatic rings. The van der Waals surface area contributed by atoms with E-state index in [0.29, 0.717) is 16.7 Å². The first-order chi connectivity index (χ1) is 13.5. The van der Waals surface area contributed by atoms with Gasteiger partial charge in [0, 0.05) is 24.1 Å². The number of para-hydroxylation sites is 1. The zero-order valence-electron chi connectivity index (χ0n) is 16.9. The van der Waals surface area contributed by atoms with Crippen molar-refractivity contribution < 1.29 is 24.5 Å². The molecule has 0 saturated heterocycles. The minimum atomic E-state index is -1.48. The summed E-state index contributed by atoms with van der Waals surface area (Å²) in [6, 6.07) is 7.21.